The van der Waals surface area contributed by atoms with Crippen molar-refractivity contribution >= 4 is 0 Å². The minimum atomic E-state index is 0.364. The smallest absolute Gasteiger partial charge is 0.230 e. The van der Waals surface area contributed by atoms with Gasteiger partial charge in [-0.2, -0.15) is 4.98 Å². The zero-order valence-corrected chi connectivity index (χ0v) is 12.2. The molecule has 1 fully saturated rings. The van der Waals surface area contributed by atoms with Crippen molar-refractivity contribution in [3.8, 4) is 11.4 Å². The predicted molar refractivity (Wildman–Crippen MR) is 83.3 cm³/mol. The summed E-state index contributed by atoms with van der Waals surface area (Å²) in [4.78, 5) is 8.67. The standard InChI is InChI=1S/C18H17N3O/c1-2-5-13(6-3-1)14-8-9-15(11-14)18-20-17(21-22-18)16-7-4-10-19-12-16/h1-7,10,12,14-15H,8-9,11H2/t14-,15-/m0/s1. The van der Waals surface area contributed by atoms with Crippen LogP contribution in [0.15, 0.2) is 59.4 Å². The molecule has 2 atom stereocenters. The lowest BCUT2D eigenvalue weighted by Gasteiger charge is -2.09. The van der Waals surface area contributed by atoms with Crippen molar-refractivity contribution in [1.29, 1.82) is 0 Å². The molecule has 0 radical (unpaired) electrons. The molecule has 0 N–H and O–H groups in total. The van der Waals surface area contributed by atoms with E-state index >= 15 is 0 Å². The maximum Gasteiger partial charge on any atom is 0.230 e. The van der Waals surface area contributed by atoms with Crippen molar-refractivity contribution in [2.24, 2.45) is 0 Å². The molecule has 22 heavy (non-hydrogen) atoms. The van der Waals surface area contributed by atoms with E-state index in [-0.39, 0.29) is 0 Å². The van der Waals surface area contributed by atoms with E-state index in [1.807, 2.05) is 12.1 Å². The number of hydrogen-bond donors (Lipinski definition) is 0. The van der Waals surface area contributed by atoms with Gasteiger partial charge in [0.2, 0.25) is 11.7 Å². The van der Waals surface area contributed by atoms with Gasteiger partial charge in [0.1, 0.15) is 0 Å². The monoisotopic (exact) mass is 291 g/mol. The summed E-state index contributed by atoms with van der Waals surface area (Å²) in [5, 5.41) is 4.10. The maximum atomic E-state index is 5.50. The Labute approximate surface area is 129 Å². The minimum Gasteiger partial charge on any atom is -0.339 e. The predicted octanol–water partition coefficient (Wildman–Crippen LogP) is 4.18. The molecule has 2 heterocycles. The molecule has 0 bridgehead atoms. The summed E-state index contributed by atoms with van der Waals surface area (Å²) in [5.41, 5.74) is 2.31. The zero-order chi connectivity index (χ0) is 14.8. The molecule has 1 saturated carbocycles. The third kappa shape index (κ3) is 2.52. The van der Waals surface area contributed by atoms with Crippen molar-refractivity contribution < 1.29 is 4.52 Å². The van der Waals surface area contributed by atoms with Crippen LogP contribution in [0.1, 0.15) is 42.6 Å². The van der Waals surface area contributed by atoms with E-state index in [1.54, 1.807) is 12.4 Å². The van der Waals surface area contributed by atoms with Gasteiger partial charge in [-0.1, -0.05) is 35.5 Å². The Kier molecular flexibility index (Phi) is 3.43. The lowest BCUT2D eigenvalue weighted by molar-refractivity contribution is 0.353. The highest BCUT2D eigenvalue weighted by molar-refractivity contribution is 5.51. The van der Waals surface area contributed by atoms with Crippen LogP contribution in [-0.4, -0.2) is 15.1 Å². The molecule has 0 aliphatic heterocycles. The Morgan fingerprint density at radius 3 is 2.64 bits per heavy atom. The molecule has 0 saturated heterocycles. The van der Waals surface area contributed by atoms with Gasteiger partial charge >= 0.3 is 0 Å². The van der Waals surface area contributed by atoms with Crippen LogP contribution >= 0.6 is 0 Å². The molecule has 1 aromatic carbocycles. The first kappa shape index (κ1) is 13.2. The van der Waals surface area contributed by atoms with Gasteiger partial charge in [-0.05, 0) is 42.9 Å². The molecule has 0 unspecified atom stereocenters. The Hall–Kier alpha value is -2.49. The van der Waals surface area contributed by atoms with Crippen LogP contribution in [0.25, 0.3) is 11.4 Å². The molecule has 4 nitrogen and oxygen atoms in total. The first-order valence-corrected chi connectivity index (χ1v) is 7.69. The second-order valence-corrected chi connectivity index (χ2v) is 5.82. The highest BCUT2D eigenvalue weighted by Gasteiger charge is 2.30. The van der Waals surface area contributed by atoms with Crippen LogP contribution in [0.2, 0.25) is 0 Å². The van der Waals surface area contributed by atoms with Gasteiger partial charge in [-0.3, -0.25) is 4.98 Å². The highest BCUT2D eigenvalue weighted by atomic mass is 16.5. The van der Waals surface area contributed by atoms with E-state index in [0.29, 0.717) is 17.7 Å². The second-order valence-electron chi connectivity index (χ2n) is 5.82. The molecular formula is C18H17N3O. The fourth-order valence-electron chi connectivity index (χ4n) is 3.25. The summed E-state index contributed by atoms with van der Waals surface area (Å²) in [6.07, 6.45) is 6.87. The average Bonchev–Trinajstić information content (AvgIpc) is 3.26. The van der Waals surface area contributed by atoms with Crippen molar-refractivity contribution in [3.05, 3.63) is 66.3 Å². The number of aromatic nitrogens is 3. The van der Waals surface area contributed by atoms with E-state index < -0.39 is 0 Å². The highest BCUT2D eigenvalue weighted by Crippen LogP contribution is 2.43. The first-order valence-electron chi connectivity index (χ1n) is 7.69. The van der Waals surface area contributed by atoms with Gasteiger partial charge in [0.15, 0.2) is 0 Å². The number of nitrogens with zero attached hydrogens (tertiary/aromatic N) is 3. The Morgan fingerprint density at radius 1 is 0.955 bits per heavy atom. The van der Waals surface area contributed by atoms with Crippen molar-refractivity contribution in [2.75, 3.05) is 0 Å². The van der Waals surface area contributed by atoms with Crippen LogP contribution in [-0.2, 0) is 0 Å². The van der Waals surface area contributed by atoms with E-state index in [2.05, 4.69) is 45.5 Å². The molecule has 3 aromatic rings. The zero-order valence-electron chi connectivity index (χ0n) is 12.2. The quantitative estimate of drug-likeness (QED) is 0.726. The van der Waals surface area contributed by atoms with Crippen LogP contribution in [0.5, 0.6) is 0 Å². The van der Waals surface area contributed by atoms with Gasteiger partial charge in [-0.25, -0.2) is 0 Å². The number of pyridine rings is 1. The fraction of sp³-hybridized carbons (Fsp3) is 0.278. The lowest BCUT2D eigenvalue weighted by atomic mass is 9.96. The number of benzene rings is 1. The van der Waals surface area contributed by atoms with Gasteiger partial charge in [0, 0.05) is 23.9 Å². The molecule has 1 aliphatic rings. The molecule has 110 valence electrons. The SMILES string of the molecule is c1ccc([C@H]2CC[C@H](c3nc(-c4cccnc4)no3)C2)cc1. The molecule has 0 spiro atoms. The first-order chi connectivity index (χ1) is 10.9. The van der Waals surface area contributed by atoms with Gasteiger partial charge in [-0.15, -0.1) is 0 Å². The van der Waals surface area contributed by atoms with Gasteiger partial charge < -0.3 is 4.52 Å². The third-order valence-electron chi connectivity index (χ3n) is 4.41. The molecule has 4 heteroatoms. The van der Waals surface area contributed by atoms with Crippen LogP contribution in [0.3, 0.4) is 0 Å². The second kappa shape index (κ2) is 5.72. The average molecular weight is 291 g/mol. The summed E-state index contributed by atoms with van der Waals surface area (Å²) < 4.78 is 5.50. The van der Waals surface area contributed by atoms with Crippen LogP contribution < -0.4 is 0 Å². The Morgan fingerprint density at radius 2 is 1.82 bits per heavy atom. The maximum absolute atomic E-state index is 5.50. The van der Waals surface area contributed by atoms with E-state index in [9.17, 15) is 0 Å². The van der Waals surface area contributed by atoms with Crippen molar-refractivity contribution in [3.63, 3.8) is 0 Å². The fourth-order valence-corrected chi connectivity index (χ4v) is 3.25. The Bertz CT molecular complexity index is 739. The molecule has 0 amide bonds. The molecular weight excluding hydrogens is 274 g/mol. The van der Waals surface area contributed by atoms with Crippen molar-refractivity contribution in [1.82, 2.24) is 15.1 Å². The van der Waals surface area contributed by atoms with E-state index in [1.165, 1.54) is 12.0 Å². The summed E-state index contributed by atoms with van der Waals surface area (Å²) in [6, 6.07) is 14.5. The summed E-state index contributed by atoms with van der Waals surface area (Å²) >= 11 is 0. The van der Waals surface area contributed by atoms with Crippen LogP contribution in [0.4, 0.5) is 0 Å². The van der Waals surface area contributed by atoms with E-state index in [4.69, 9.17) is 4.52 Å². The number of rotatable bonds is 3. The molecule has 1 aliphatic carbocycles. The summed E-state index contributed by atoms with van der Waals surface area (Å²) in [6.45, 7) is 0. The Balaban J connectivity index is 1.51. The minimum absolute atomic E-state index is 0.364. The summed E-state index contributed by atoms with van der Waals surface area (Å²) in [5.74, 6) is 2.35. The molecule has 4 rings (SSSR count). The number of hydrogen-bond acceptors (Lipinski definition) is 4. The topological polar surface area (TPSA) is 51.8 Å². The normalized spacial score (nSPS) is 21.1. The largest absolute Gasteiger partial charge is 0.339 e. The molecule has 2 aromatic heterocycles. The van der Waals surface area contributed by atoms with Crippen molar-refractivity contribution in [2.45, 2.75) is 31.1 Å². The third-order valence-corrected chi connectivity index (χ3v) is 4.41. The van der Waals surface area contributed by atoms with Gasteiger partial charge in [0.05, 0.1) is 0 Å². The van der Waals surface area contributed by atoms with Crippen LogP contribution in [0, 0.1) is 0 Å². The lowest BCUT2D eigenvalue weighted by Crippen LogP contribution is -1.95. The van der Waals surface area contributed by atoms with Gasteiger partial charge in [0.25, 0.3) is 0 Å². The summed E-state index contributed by atoms with van der Waals surface area (Å²) in [7, 11) is 0. The van der Waals surface area contributed by atoms with E-state index in [0.717, 1.165) is 24.3 Å².